The number of benzene rings is 1. The van der Waals surface area contributed by atoms with Gasteiger partial charge in [-0.3, -0.25) is 4.68 Å². The van der Waals surface area contributed by atoms with Crippen molar-refractivity contribution in [2.45, 2.75) is 32.2 Å². The standard InChI is InChI=1S/C16H23N3/c1-13-4-6-14(7-5-13)8-9-15(17-2)12-16-10-11-19(3)18-16/h4-7,10-11,15,17H,8-9,12H2,1-3H3. The molecule has 0 saturated carbocycles. The summed E-state index contributed by atoms with van der Waals surface area (Å²) in [6.07, 6.45) is 5.24. The molecule has 1 N–H and O–H groups in total. The number of rotatable bonds is 6. The molecule has 1 atom stereocenters. The van der Waals surface area contributed by atoms with Gasteiger partial charge in [0.1, 0.15) is 0 Å². The summed E-state index contributed by atoms with van der Waals surface area (Å²) in [7, 11) is 3.99. The van der Waals surface area contributed by atoms with E-state index in [4.69, 9.17) is 0 Å². The van der Waals surface area contributed by atoms with Gasteiger partial charge in [0.2, 0.25) is 0 Å². The third-order valence-electron chi connectivity index (χ3n) is 3.53. The van der Waals surface area contributed by atoms with Crippen LogP contribution in [0.3, 0.4) is 0 Å². The second-order valence-electron chi connectivity index (χ2n) is 5.19. The smallest absolute Gasteiger partial charge is 0.0639 e. The molecule has 1 heterocycles. The zero-order valence-corrected chi connectivity index (χ0v) is 12.1. The van der Waals surface area contributed by atoms with E-state index in [1.54, 1.807) is 0 Å². The lowest BCUT2D eigenvalue weighted by molar-refractivity contribution is 0.512. The van der Waals surface area contributed by atoms with Gasteiger partial charge in [-0.15, -0.1) is 0 Å². The minimum atomic E-state index is 0.483. The first-order valence-electron chi connectivity index (χ1n) is 6.88. The van der Waals surface area contributed by atoms with Gasteiger partial charge < -0.3 is 5.32 Å². The number of aryl methyl sites for hydroxylation is 3. The second kappa shape index (κ2) is 6.53. The van der Waals surface area contributed by atoms with Crippen LogP contribution in [-0.4, -0.2) is 22.9 Å². The molecule has 3 heteroatoms. The minimum absolute atomic E-state index is 0.483. The molecule has 0 spiro atoms. The van der Waals surface area contributed by atoms with E-state index in [0.717, 1.165) is 25.0 Å². The molecule has 0 aliphatic rings. The molecule has 0 aliphatic carbocycles. The van der Waals surface area contributed by atoms with E-state index in [1.807, 2.05) is 25.0 Å². The van der Waals surface area contributed by atoms with Crippen molar-refractivity contribution in [3.8, 4) is 0 Å². The van der Waals surface area contributed by atoms with Gasteiger partial charge in [0.25, 0.3) is 0 Å². The molecule has 0 aliphatic heterocycles. The summed E-state index contributed by atoms with van der Waals surface area (Å²) in [5.41, 5.74) is 3.89. The Labute approximate surface area is 115 Å². The Balaban J connectivity index is 1.87. The van der Waals surface area contributed by atoms with E-state index in [2.05, 4.69) is 47.7 Å². The van der Waals surface area contributed by atoms with Crippen LogP contribution in [0.4, 0.5) is 0 Å². The van der Waals surface area contributed by atoms with E-state index in [9.17, 15) is 0 Å². The first kappa shape index (κ1) is 13.8. The number of aromatic nitrogens is 2. The Bertz CT molecular complexity index is 499. The Morgan fingerprint density at radius 2 is 1.95 bits per heavy atom. The predicted octanol–water partition coefficient (Wildman–Crippen LogP) is 2.49. The van der Waals surface area contributed by atoms with E-state index in [1.165, 1.54) is 11.1 Å². The van der Waals surface area contributed by atoms with Gasteiger partial charge in [0.15, 0.2) is 0 Å². The molecule has 19 heavy (non-hydrogen) atoms. The van der Waals surface area contributed by atoms with E-state index in [0.29, 0.717) is 6.04 Å². The fourth-order valence-corrected chi connectivity index (χ4v) is 2.27. The molecule has 0 radical (unpaired) electrons. The summed E-state index contributed by atoms with van der Waals surface area (Å²) in [5.74, 6) is 0. The number of nitrogens with one attached hydrogen (secondary N) is 1. The fourth-order valence-electron chi connectivity index (χ4n) is 2.27. The zero-order valence-electron chi connectivity index (χ0n) is 12.1. The molecule has 2 rings (SSSR count). The molecule has 0 bridgehead atoms. The molecule has 102 valence electrons. The fraction of sp³-hybridized carbons (Fsp3) is 0.438. The summed E-state index contributed by atoms with van der Waals surface area (Å²) in [5, 5.41) is 7.83. The van der Waals surface area contributed by atoms with Crippen molar-refractivity contribution in [1.29, 1.82) is 0 Å². The first-order valence-corrected chi connectivity index (χ1v) is 6.88. The number of likely N-dealkylation sites (N-methyl/N-ethyl adjacent to an activating group) is 1. The molecule has 0 fully saturated rings. The highest BCUT2D eigenvalue weighted by Gasteiger charge is 2.09. The summed E-state index contributed by atoms with van der Waals surface area (Å²) >= 11 is 0. The van der Waals surface area contributed by atoms with E-state index >= 15 is 0 Å². The van der Waals surface area contributed by atoms with Crippen molar-refractivity contribution in [2.24, 2.45) is 7.05 Å². The van der Waals surface area contributed by atoms with Gasteiger partial charge in [-0.1, -0.05) is 29.8 Å². The van der Waals surface area contributed by atoms with Gasteiger partial charge in [-0.25, -0.2) is 0 Å². The maximum Gasteiger partial charge on any atom is 0.0639 e. The van der Waals surface area contributed by atoms with Crippen LogP contribution >= 0.6 is 0 Å². The quantitative estimate of drug-likeness (QED) is 0.861. The number of nitrogens with zero attached hydrogens (tertiary/aromatic N) is 2. The van der Waals surface area contributed by atoms with Gasteiger partial charge >= 0.3 is 0 Å². The number of hydrogen-bond acceptors (Lipinski definition) is 2. The normalized spacial score (nSPS) is 12.6. The Morgan fingerprint density at radius 1 is 1.21 bits per heavy atom. The van der Waals surface area contributed by atoms with Crippen molar-refractivity contribution in [1.82, 2.24) is 15.1 Å². The van der Waals surface area contributed by atoms with Crippen LogP contribution in [0, 0.1) is 6.92 Å². The topological polar surface area (TPSA) is 29.9 Å². The van der Waals surface area contributed by atoms with Crippen LogP contribution in [-0.2, 0) is 19.9 Å². The molecule has 1 unspecified atom stereocenters. The van der Waals surface area contributed by atoms with Crippen molar-refractivity contribution in [3.63, 3.8) is 0 Å². The van der Waals surface area contributed by atoms with E-state index < -0.39 is 0 Å². The van der Waals surface area contributed by atoms with Gasteiger partial charge in [-0.2, -0.15) is 5.10 Å². The van der Waals surface area contributed by atoms with Crippen LogP contribution in [0.5, 0.6) is 0 Å². The highest BCUT2D eigenvalue weighted by Crippen LogP contribution is 2.10. The minimum Gasteiger partial charge on any atom is -0.317 e. The van der Waals surface area contributed by atoms with Gasteiger partial charge in [-0.05, 0) is 38.4 Å². The molecule has 1 aromatic carbocycles. The maximum absolute atomic E-state index is 4.44. The van der Waals surface area contributed by atoms with Crippen LogP contribution in [0.25, 0.3) is 0 Å². The lowest BCUT2D eigenvalue weighted by Crippen LogP contribution is -2.28. The van der Waals surface area contributed by atoms with Crippen LogP contribution in [0.15, 0.2) is 36.5 Å². The average molecular weight is 257 g/mol. The average Bonchev–Trinajstić information content (AvgIpc) is 2.82. The predicted molar refractivity (Wildman–Crippen MR) is 79.3 cm³/mol. The molecule has 2 aromatic rings. The second-order valence-corrected chi connectivity index (χ2v) is 5.19. The Morgan fingerprint density at radius 3 is 2.53 bits per heavy atom. The van der Waals surface area contributed by atoms with Gasteiger partial charge in [0, 0.05) is 25.7 Å². The van der Waals surface area contributed by atoms with Crippen LogP contribution in [0.1, 0.15) is 23.2 Å². The molecule has 0 amide bonds. The highest BCUT2D eigenvalue weighted by atomic mass is 15.2. The molecular weight excluding hydrogens is 234 g/mol. The summed E-state index contributed by atoms with van der Waals surface area (Å²) < 4.78 is 1.86. The Hall–Kier alpha value is -1.61. The Kier molecular flexibility index (Phi) is 4.74. The number of hydrogen-bond donors (Lipinski definition) is 1. The van der Waals surface area contributed by atoms with Gasteiger partial charge in [0.05, 0.1) is 5.69 Å². The van der Waals surface area contributed by atoms with Crippen molar-refractivity contribution >= 4 is 0 Å². The van der Waals surface area contributed by atoms with Crippen LogP contribution in [0.2, 0.25) is 0 Å². The van der Waals surface area contributed by atoms with E-state index in [-0.39, 0.29) is 0 Å². The van der Waals surface area contributed by atoms with Crippen molar-refractivity contribution < 1.29 is 0 Å². The third-order valence-corrected chi connectivity index (χ3v) is 3.53. The first-order chi connectivity index (χ1) is 9.17. The molecule has 0 saturated heterocycles. The van der Waals surface area contributed by atoms with Crippen LogP contribution < -0.4 is 5.32 Å². The lowest BCUT2D eigenvalue weighted by Gasteiger charge is -2.14. The SMILES string of the molecule is CNC(CCc1ccc(C)cc1)Cc1ccn(C)n1. The van der Waals surface area contributed by atoms with Crippen molar-refractivity contribution in [3.05, 3.63) is 53.3 Å². The summed E-state index contributed by atoms with van der Waals surface area (Å²) in [6.45, 7) is 2.13. The molecular formula is C16H23N3. The molecule has 1 aromatic heterocycles. The monoisotopic (exact) mass is 257 g/mol. The largest absolute Gasteiger partial charge is 0.317 e. The highest BCUT2D eigenvalue weighted by molar-refractivity contribution is 5.21. The summed E-state index contributed by atoms with van der Waals surface area (Å²) in [4.78, 5) is 0. The molecule has 3 nitrogen and oxygen atoms in total. The third kappa shape index (κ3) is 4.21. The lowest BCUT2D eigenvalue weighted by atomic mass is 10.0. The summed E-state index contributed by atoms with van der Waals surface area (Å²) in [6, 6.07) is 11.4. The zero-order chi connectivity index (χ0) is 13.7. The van der Waals surface area contributed by atoms with Crippen molar-refractivity contribution in [2.75, 3.05) is 7.05 Å². The maximum atomic E-state index is 4.44.